The molecule has 2 N–H and O–H groups in total. The fourth-order valence-corrected chi connectivity index (χ4v) is 2.00. The zero-order valence-electron chi connectivity index (χ0n) is 12.9. The van der Waals surface area contributed by atoms with Gasteiger partial charge in [-0.1, -0.05) is 29.8 Å². The van der Waals surface area contributed by atoms with Crippen molar-refractivity contribution in [3.8, 4) is 17.2 Å². The van der Waals surface area contributed by atoms with Crippen molar-refractivity contribution >= 4 is 5.91 Å². The maximum absolute atomic E-state index is 11.3. The Hall–Kier alpha value is -2.69. The van der Waals surface area contributed by atoms with Crippen LogP contribution in [0.3, 0.4) is 0 Å². The zero-order chi connectivity index (χ0) is 16.1. The molecule has 0 saturated carbocycles. The molecule has 0 aliphatic heterocycles. The van der Waals surface area contributed by atoms with Crippen LogP contribution in [-0.2, 0) is 6.61 Å². The molecule has 0 fully saturated rings. The lowest BCUT2D eigenvalue weighted by molar-refractivity contribution is 0.0999. The van der Waals surface area contributed by atoms with Crippen molar-refractivity contribution in [2.45, 2.75) is 13.5 Å². The summed E-state index contributed by atoms with van der Waals surface area (Å²) in [6.45, 7) is 2.39. The van der Waals surface area contributed by atoms with E-state index in [2.05, 4.69) is 0 Å². The second kappa shape index (κ2) is 6.85. The number of primary amides is 1. The molecule has 2 aromatic carbocycles. The smallest absolute Gasteiger partial charge is 0.248 e. The van der Waals surface area contributed by atoms with Crippen LogP contribution in [0.5, 0.6) is 17.2 Å². The lowest BCUT2D eigenvalue weighted by Crippen LogP contribution is -2.12. The summed E-state index contributed by atoms with van der Waals surface area (Å²) in [5.41, 5.74) is 7.81. The van der Waals surface area contributed by atoms with Crippen LogP contribution in [0.2, 0.25) is 0 Å². The van der Waals surface area contributed by atoms with E-state index in [1.54, 1.807) is 0 Å². The molecule has 2 rings (SSSR count). The molecule has 1 amide bonds. The van der Waals surface area contributed by atoms with E-state index < -0.39 is 5.91 Å². The van der Waals surface area contributed by atoms with Crippen LogP contribution < -0.4 is 19.9 Å². The fraction of sp³-hybridized carbons (Fsp3) is 0.235. The minimum atomic E-state index is -0.554. The van der Waals surface area contributed by atoms with Crippen molar-refractivity contribution in [3.63, 3.8) is 0 Å². The summed E-state index contributed by atoms with van der Waals surface area (Å²) in [6.07, 6.45) is 0. The average Bonchev–Trinajstić information content (AvgIpc) is 2.53. The number of methoxy groups -OCH3 is 2. The summed E-state index contributed by atoms with van der Waals surface area (Å²) in [4.78, 5) is 11.3. The second-order valence-electron chi connectivity index (χ2n) is 4.85. The summed E-state index contributed by atoms with van der Waals surface area (Å²) >= 11 is 0. The Morgan fingerprint density at radius 1 is 1.05 bits per heavy atom. The Morgan fingerprint density at radius 3 is 2.05 bits per heavy atom. The van der Waals surface area contributed by atoms with E-state index in [-0.39, 0.29) is 0 Å². The predicted octanol–water partition coefficient (Wildman–Crippen LogP) is 2.69. The van der Waals surface area contributed by atoms with E-state index in [1.807, 2.05) is 31.2 Å². The van der Waals surface area contributed by atoms with Gasteiger partial charge in [-0.05, 0) is 24.6 Å². The molecule has 0 saturated heterocycles. The largest absolute Gasteiger partial charge is 0.493 e. The van der Waals surface area contributed by atoms with Crippen molar-refractivity contribution in [1.29, 1.82) is 0 Å². The number of amides is 1. The summed E-state index contributed by atoms with van der Waals surface area (Å²) < 4.78 is 16.4. The van der Waals surface area contributed by atoms with Crippen molar-refractivity contribution in [2.75, 3.05) is 14.2 Å². The molecule has 0 aromatic heterocycles. The van der Waals surface area contributed by atoms with Crippen molar-refractivity contribution in [3.05, 3.63) is 53.1 Å². The van der Waals surface area contributed by atoms with Gasteiger partial charge in [0.2, 0.25) is 11.7 Å². The highest BCUT2D eigenvalue weighted by molar-refractivity contribution is 5.94. The van der Waals surface area contributed by atoms with E-state index in [1.165, 1.54) is 31.9 Å². The van der Waals surface area contributed by atoms with Gasteiger partial charge in [0.05, 0.1) is 14.2 Å². The third-order valence-electron chi connectivity index (χ3n) is 3.25. The molecule has 0 heterocycles. The molecule has 116 valence electrons. The van der Waals surface area contributed by atoms with E-state index in [9.17, 15) is 4.79 Å². The first-order valence-corrected chi connectivity index (χ1v) is 6.79. The highest BCUT2D eigenvalue weighted by atomic mass is 16.5. The normalized spacial score (nSPS) is 10.1. The van der Waals surface area contributed by atoms with Gasteiger partial charge in [0.15, 0.2) is 11.5 Å². The number of carbonyl (C=O) groups excluding carboxylic acids is 1. The number of ether oxygens (including phenoxy) is 3. The molecule has 0 atom stereocenters. The van der Waals surface area contributed by atoms with Crippen molar-refractivity contribution in [1.82, 2.24) is 0 Å². The quantitative estimate of drug-likeness (QED) is 0.890. The van der Waals surface area contributed by atoms with Gasteiger partial charge in [0.25, 0.3) is 0 Å². The minimum Gasteiger partial charge on any atom is -0.493 e. The highest BCUT2D eigenvalue weighted by Gasteiger charge is 2.16. The average molecular weight is 301 g/mol. The van der Waals surface area contributed by atoms with Crippen molar-refractivity contribution in [2.24, 2.45) is 5.73 Å². The van der Waals surface area contributed by atoms with Crippen LogP contribution in [-0.4, -0.2) is 20.1 Å². The van der Waals surface area contributed by atoms with E-state index >= 15 is 0 Å². The van der Waals surface area contributed by atoms with Gasteiger partial charge in [-0.25, -0.2) is 0 Å². The lowest BCUT2D eigenvalue weighted by Gasteiger charge is -2.15. The number of nitrogens with two attached hydrogens (primary N) is 1. The first-order chi connectivity index (χ1) is 10.5. The first kappa shape index (κ1) is 15.7. The number of rotatable bonds is 6. The van der Waals surface area contributed by atoms with Gasteiger partial charge in [0, 0.05) is 5.56 Å². The van der Waals surface area contributed by atoms with Crippen LogP contribution in [0.4, 0.5) is 0 Å². The zero-order valence-corrected chi connectivity index (χ0v) is 12.9. The van der Waals surface area contributed by atoms with Crippen LogP contribution in [0.15, 0.2) is 36.4 Å². The molecule has 0 unspecified atom stereocenters. The molecule has 0 aliphatic rings. The highest BCUT2D eigenvalue weighted by Crippen LogP contribution is 2.39. The molecule has 22 heavy (non-hydrogen) atoms. The van der Waals surface area contributed by atoms with E-state index in [0.29, 0.717) is 29.4 Å². The first-order valence-electron chi connectivity index (χ1n) is 6.79. The van der Waals surface area contributed by atoms with Gasteiger partial charge >= 0.3 is 0 Å². The standard InChI is InChI=1S/C17H19NO4/c1-11-4-6-12(7-5-11)10-22-16-14(20-2)8-13(17(18)19)9-15(16)21-3/h4-9H,10H2,1-3H3,(H2,18,19). The van der Waals surface area contributed by atoms with Gasteiger partial charge in [-0.3, -0.25) is 4.79 Å². The van der Waals surface area contributed by atoms with Crippen LogP contribution in [0.1, 0.15) is 21.5 Å². The minimum absolute atomic E-state index is 0.302. The number of carbonyl (C=O) groups is 1. The monoisotopic (exact) mass is 301 g/mol. The molecular formula is C17H19NO4. The van der Waals surface area contributed by atoms with Crippen LogP contribution >= 0.6 is 0 Å². The van der Waals surface area contributed by atoms with E-state index in [0.717, 1.165) is 5.56 Å². The van der Waals surface area contributed by atoms with Crippen LogP contribution in [0.25, 0.3) is 0 Å². The number of benzene rings is 2. The van der Waals surface area contributed by atoms with E-state index in [4.69, 9.17) is 19.9 Å². The summed E-state index contributed by atoms with van der Waals surface area (Å²) in [7, 11) is 3.00. The molecule has 0 aliphatic carbocycles. The Balaban J connectivity index is 2.28. The third-order valence-corrected chi connectivity index (χ3v) is 3.25. The summed E-state index contributed by atoms with van der Waals surface area (Å²) in [5, 5.41) is 0. The summed E-state index contributed by atoms with van der Waals surface area (Å²) in [6, 6.07) is 11.1. The number of hydrogen-bond acceptors (Lipinski definition) is 4. The Kier molecular flexibility index (Phi) is 4.88. The fourth-order valence-electron chi connectivity index (χ4n) is 2.00. The molecule has 0 radical (unpaired) electrons. The molecule has 5 heteroatoms. The number of hydrogen-bond donors (Lipinski definition) is 1. The molecule has 0 spiro atoms. The predicted molar refractivity (Wildman–Crippen MR) is 83.6 cm³/mol. The molecule has 0 bridgehead atoms. The van der Waals surface area contributed by atoms with Gasteiger partial charge in [-0.2, -0.15) is 0 Å². The Bertz CT molecular complexity index is 640. The Morgan fingerprint density at radius 2 is 1.59 bits per heavy atom. The number of aryl methyl sites for hydroxylation is 1. The third kappa shape index (κ3) is 3.49. The topological polar surface area (TPSA) is 70.8 Å². The van der Waals surface area contributed by atoms with Gasteiger partial charge < -0.3 is 19.9 Å². The van der Waals surface area contributed by atoms with Crippen molar-refractivity contribution < 1.29 is 19.0 Å². The van der Waals surface area contributed by atoms with Gasteiger partial charge in [-0.15, -0.1) is 0 Å². The lowest BCUT2D eigenvalue weighted by atomic mass is 10.1. The maximum Gasteiger partial charge on any atom is 0.248 e. The second-order valence-corrected chi connectivity index (χ2v) is 4.85. The molecular weight excluding hydrogens is 282 g/mol. The summed E-state index contributed by atoms with van der Waals surface area (Å²) in [5.74, 6) is 0.692. The molecule has 5 nitrogen and oxygen atoms in total. The Labute approximate surface area is 129 Å². The SMILES string of the molecule is COc1cc(C(N)=O)cc(OC)c1OCc1ccc(C)cc1. The maximum atomic E-state index is 11.3. The van der Waals surface area contributed by atoms with Gasteiger partial charge in [0.1, 0.15) is 6.61 Å². The van der Waals surface area contributed by atoms with Crippen LogP contribution in [0, 0.1) is 6.92 Å². The molecule has 2 aromatic rings.